The Kier molecular flexibility index (Phi) is 3.62. The van der Waals surface area contributed by atoms with Gasteiger partial charge in [0.15, 0.2) is 5.58 Å². The average molecular weight is 302 g/mol. The Morgan fingerprint density at radius 3 is 2.71 bits per heavy atom. The van der Waals surface area contributed by atoms with Gasteiger partial charge in [-0.05, 0) is 25.1 Å². The van der Waals surface area contributed by atoms with Crippen LogP contribution in [0.4, 0.5) is 0 Å². The van der Waals surface area contributed by atoms with E-state index in [1.807, 2.05) is 43.3 Å². The minimum absolute atomic E-state index is 0.400. The highest BCUT2D eigenvalue weighted by Crippen LogP contribution is 2.34. The number of methoxy groups -OCH3 is 1. The van der Waals surface area contributed by atoms with Crippen molar-refractivity contribution in [2.24, 2.45) is 5.73 Å². The highest BCUT2D eigenvalue weighted by atomic mass is 35.5. The summed E-state index contributed by atoms with van der Waals surface area (Å²) in [6.45, 7) is 2.02. The van der Waals surface area contributed by atoms with E-state index >= 15 is 0 Å². The molecule has 3 nitrogen and oxygen atoms in total. The number of benzene rings is 2. The standard InChI is InChI=1S/C17H16ClNO2/c1-10-6-7-14(20-2)12(8-10)16(19)15-9-11-4-3-5-13(18)17(11)21-15/h3-9,16H,19H2,1-2H3. The van der Waals surface area contributed by atoms with E-state index in [9.17, 15) is 0 Å². The summed E-state index contributed by atoms with van der Waals surface area (Å²) in [6.07, 6.45) is 0. The molecule has 0 spiro atoms. The molecule has 0 amide bonds. The predicted molar refractivity (Wildman–Crippen MR) is 85.0 cm³/mol. The Morgan fingerprint density at radius 1 is 1.19 bits per heavy atom. The Morgan fingerprint density at radius 2 is 2.00 bits per heavy atom. The number of furan rings is 1. The maximum atomic E-state index is 6.36. The van der Waals surface area contributed by atoms with Gasteiger partial charge in [-0.15, -0.1) is 0 Å². The summed E-state index contributed by atoms with van der Waals surface area (Å²) in [7, 11) is 1.64. The van der Waals surface area contributed by atoms with E-state index < -0.39 is 6.04 Å². The summed E-state index contributed by atoms with van der Waals surface area (Å²) in [5.41, 5.74) is 9.04. The van der Waals surface area contributed by atoms with Gasteiger partial charge in [-0.3, -0.25) is 0 Å². The highest BCUT2D eigenvalue weighted by molar-refractivity contribution is 6.34. The van der Waals surface area contributed by atoms with Crippen molar-refractivity contribution in [2.75, 3.05) is 7.11 Å². The fourth-order valence-corrected chi connectivity index (χ4v) is 2.67. The van der Waals surface area contributed by atoms with E-state index in [4.69, 9.17) is 26.5 Å². The van der Waals surface area contributed by atoms with Crippen LogP contribution in [0.25, 0.3) is 11.0 Å². The monoisotopic (exact) mass is 301 g/mol. The van der Waals surface area contributed by atoms with Crippen LogP contribution in [0.2, 0.25) is 5.02 Å². The molecule has 0 aliphatic rings. The summed E-state index contributed by atoms with van der Waals surface area (Å²) in [4.78, 5) is 0. The zero-order valence-corrected chi connectivity index (χ0v) is 12.6. The van der Waals surface area contributed by atoms with Gasteiger partial charge in [0.25, 0.3) is 0 Å². The van der Waals surface area contributed by atoms with E-state index in [1.54, 1.807) is 13.2 Å². The zero-order valence-electron chi connectivity index (χ0n) is 11.9. The number of rotatable bonds is 3. The lowest BCUT2D eigenvalue weighted by atomic mass is 10.0. The van der Waals surface area contributed by atoms with Crippen molar-refractivity contribution in [1.29, 1.82) is 0 Å². The number of hydrogen-bond acceptors (Lipinski definition) is 3. The molecular formula is C17H16ClNO2. The van der Waals surface area contributed by atoms with Crippen molar-refractivity contribution in [3.8, 4) is 5.75 Å². The van der Waals surface area contributed by atoms with E-state index in [2.05, 4.69) is 0 Å². The number of ether oxygens (including phenoxy) is 1. The topological polar surface area (TPSA) is 48.4 Å². The van der Waals surface area contributed by atoms with Crippen molar-refractivity contribution < 1.29 is 9.15 Å². The fraction of sp³-hybridized carbons (Fsp3) is 0.176. The lowest BCUT2D eigenvalue weighted by Crippen LogP contribution is -2.12. The third-order valence-corrected chi connectivity index (χ3v) is 3.84. The molecule has 0 radical (unpaired) electrons. The molecule has 3 rings (SSSR count). The van der Waals surface area contributed by atoms with E-state index in [0.717, 1.165) is 22.3 Å². The van der Waals surface area contributed by atoms with Gasteiger partial charge in [0, 0.05) is 10.9 Å². The second-order valence-electron chi connectivity index (χ2n) is 5.03. The maximum Gasteiger partial charge on any atom is 0.152 e. The molecule has 1 atom stereocenters. The minimum Gasteiger partial charge on any atom is -0.496 e. The molecule has 1 heterocycles. The number of fused-ring (bicyclic) bond motifs is 1. The maximum absolute atomic E-state index is 6.36. The number of nitrogens with two attached hydrogens (primary N) is 1. The van der Waals surface area contributed by atoms with Crippen molar-refractivity contribution in [2.45, 2.75) is 13.0 Å². The molecule has 1 unspecified atom stereocenters. The van der Waals surface area contributed by atoms with Crippen LogP contribution in [-0.4, -0.2) is 7.11 Å². The van der Waals surface area contributed by atoms with Crippen LogP contribution in [0.15, 0.2) is 46.9 Å². The van der Waals surface area contributed by atoms with Crippen LogP contribution in [0.5, 0.6) is 5.75 Å². The lowest BCUT2D eigenvalue weighted by molar-refractivity contribution is 0.404. The van der Waals surface area contributed by atoms with Gasteiger partial charge in [-0.1, -0.05) is 41.4 Å². The molecule has 0 aliphatic heterocycles. The fourth-order valence-electron chi connectivity index (χ4n) is 2.45. The number of halogens is 1. The van der Waals surface area contributed by atoms with Crippen molar-refractivity contribution >= 4 is 22.6 Å². The second kappa shape index (κ2) is 5.43. The third-order valence-electron chi connectivity index (χ3n) is 3.54. The van der Waals surface area contributed by atoms with Gasteiger partial charge in [-0.2, -0.15) is 0 Å². The Bertz CT molecular complexity index is 795. The molecule has 3 aromatic rings. The molecule has 21 heavy (non-hydrogen) atoms. The van der Waals surface area contributed by atoms with Gasteiger partial charge in [0.05, 0.1) is 18.2 Å². The Balaban J connectivity index is 2.10. The first-order chi connectivity index (χ1) is 10.1. The first kappa shape index (κ1) is 14.0. The molecule has 0 fully saturated rings. The summed E-state index contributed by atoms with van der Waals surface area (Å²) < 4.78 is 11.2. The number of aryl methyl sites for hydroxylation is 1. The molecule has 0 aliphatic carbocycles. The van der Waals surface area contributed by atoms with Crippen LogP contribution in [-0.2, 0) is 0 Å². The summed E-state index contributed by atoms with van der Waals surface area (Å²) in [5, 5.41) is 1.53. The molecule has 0 saturated heterocycles. The summed E-state index contributed by atoms with van der Waals surface area (Å²) >= 11 is 6.15. The van der Waals surface area contributed by atoms with Crippen LogP contribution < -0.4 is 10.5 Å². The first-order valence-corrected chi connectivity index (χ1v) is 7.06. The highest BCUT2D eigenvalue weighted by Gasteiger charge is 2.19. The second-order valence-corrected chi connectivity index (χ2v) is 5.44. The van der Waals surface area contributed by atoms with Gasteiger partial charge in [0.2, 0.25) is 0 Å². The molecular weight excluding hydrogens is 286 g/mol. The molecule has 108 valence electrons. The third kappa shape index (κ3) is 2.50. The van der Waals surface area contributed by atoms with Crippen molar-refractivity contribution in [3.63, 3.8) is 0 Å². The van der Waals surface area contributed by atoms with E-state index in [-0.39, 0.29) is 0 Å². The molecule has 0 saturated carbocycles. The molecule has 4 heteroatoms. The lowest BCUT2D eigenvalue weighted by Gasteiger charge is -2.14. The van der Waals surface area contributed by atoms with Gasteiger partial charge in [-0.25, -0.2) is 0 Å². The summed E-state index contributed by atoms with van der Waals surface area (Å²) in [6, 6.07) is 13.1. The average Bonchev–Trinajstić information content (AvgIpc) is 2.92. The van der Waals surface area contributed by atoms with Crippen molar-refractivity contribution in [3.05, 3.63) is 64.4 Å². The number of hydrogen-bond donors (Lipinski definition) is 1. The molecule has 1 aromatic heterocycles. The molecule has 2 N–H and O–H groups in total. The SMILES string of the molecule is COc1ccc(C)cc1C(N)c1cc2cccc(Cl)c2o1. The van der Waals surface area contributed by atoms with E-state index in [0.29, 0.717) is 16.4 Å². The zero-order chi connectivity index (χ0) is 15.0. The van der Waals surface area contributed by atoms with Gasteiger partial charge < -0.3 is 14.9 Å². The van der Waals surface area contributed by atoms with Crippen LogP contribution in [0.3, 0.4) is 0 Å². The Hall–Kier alpha value is -1.97. The normalized spacial score (nSPS) is 12.6. The van der Waals surface area contributed by atoms with Crippen molar-refractivity contribution in [1.82, 2.24) is 0 Å². The largest absolute Gasteiger partial charge is 0.496 e. The minimum atomic E-state index is -0.400. The van der Waals surface area contributed by atoms with Crippen LogP contribution >= 0.6 is 11.6 Å². The predicted octanol–water partition coefficient (Wildman–Crippen LogP) is 4.45. The van der Waals surface area contributed by atoms with Gasteiger partial charge in [0.1, 0.15) is 11.5 Å². The van der Waals surface area contributed by atoms with E-state index in [1.165, 1.54) is 0 Å². The molecule has 0 bridgehead atoms. The quantitative estimate of drug-likeness (QED) is 0.777. The van der Waals surface area contributed by atoms with Crippen LogP contribution in [0.1, 0.15) is 22.9 Å². The smallest absolute Gasteiger partial charge is 0.152 e. The molecule has 2 aromatic carbocycles. The van der Waals surface area contributed by atoms with Crippen LogP contribution in [0, 0.1) is 6.92 Å². The first-order valence-electron chi connectivity index (χ1n) is 6.68. The summed E-state index contributed by atoms with van der Waals surface area (Å²) in [5.74, 6) is 1.42. The van der Waals surface area contributed by atoms with Gasteiger partial charge >= 0.3 is 0 Å². The Labute approximate surface area is 128 Å². The number of para-hydroxylation sites is 1.